The normalized spacial score (nSPS) is 16.0. The number of carbonyl (C=O) groups is 1. The molecule has 1 aliphatic rings. The molecule has 0 fully saturated rings. The van der Waals surface area contributed by atoms with E-state index in [-0.39, 0.29) is 5.97 Å². The third kappa shape index (κ3) is 4.16. The standard InChI is InChI=1S/C16H25N3O2/c1-10(15(20)21-16(3,4)5)17-14-12-8-6-7-9-13(12)18-11(2)19-14/h10H,6-9H2,1-5H3,(H,17,18,19)/t10-/m1/s1. The van der Waals surface area contributed by atoms with E-state index in [0.717, 1.165) is 42.2 Å². The first kappa shape index (κ1) is 15.7. The summed E-state index contributed by atoms with van der Waals surface area (Å²) in [6.07, 6.45) is 4.28. The number of rotatable bonds is 3. The van der Waals surface area contributed by atoms with E-state index < -0.39 is 11.6 Å². The molecule has 1 heterocycles. The Bertz CT molecular complexity index is 535. The van der Waals surface area contributed by atoms with E-state index in [2.05, 4.69) is 15.3 Å². The number of aryl methyl sites for hydroxylation is 2. The number of ether oxygens (including phenoxy) is 1. The van der Waals surface area contributed by atoms with E-state index >= 15 is 0 Å². The van der Waals surface area contributed by atoms with Gasteiger partial charge in [0.2, 0.25) is 0 Å². The SMILES string of the molecule is Cc1nc2c(c(N[C@H](C)C(=O)OC(C)(C)C)n1)CCCC2. The lowest BCUT2D eigenvalue weighted by Crippen LogP contribution is -2.35. The van der Waals surface area contributed by atoms with Crippen LogP contribution in [0.2, 0.25) is 0 Å². The molecule has 116 valence electrons. The summed E-state index contributed by atoms with van der Waals surface area (Å²) >= 11 is 0. The molecule has 0 saturated heterocycles. The maximum atomic E-state index is 12.1. The summed E-state index contributed by atoms with van der Waals surface area (Å²) in [5.41, 5.74) is 1.79. The van der Waals surface area contributed by atoms with Crippen LogP contribution in [-0.2, 0) is 22.4 Å². The first-order chi connectivity index (χ1) is 9.76. The lowest BCUT2D eigenvalue weighted by molar-refractivity contribution is -0.155. The van der Waals surface area contributed by atoms with Crippen molar-refractivity contribution < 1.29 is 9.53 Å². The van der Waals surface area contributed by atoms with Crippen LogP contribution in [0.3, 0.4) is 0 Å². The Hall–Kier alpha value is -1.65. The highest BCUT2D eigenvalue weighted by Crippen LogP contribution is 2.26. The Labute approximate surface area is 126 Å². The first-order valence-electron chi connectivity index (χ1n) is 7.62. The highest BCUT2D eigenvalue weighted by molar-refractivity contribution is 5.79. The van der Waals surface area contributed by atoms with Crippen LogP contribution in [0, 0.1) is 6.92 Å². The van der Waals surface area contributed by atoms with Gasteiger partial charge in [-0.3, -0.25) is 0 Å². The number of hydrogen-bond acceptors (Lipinski definition) is 5. The van der Waals surface area contributed by atoms with Crippen LogP contribution in [0.5, 0.6) is 0 Å². The molecule has 1 aliphatic carbocycles. The second-order valence-corrected chi connectivity index (χ2v) is 6.65. The number of esters is 1. The molecule has 1 aromatic rings. The zero-order chi connectivity index (χ0) is 15.6. The van der Waals surface area contributed by atoms with Crippen molar-refractivity contribution >= 4 is 11.8 Å². The molecule has 2 rings (SSSR count). The predicted octanol–water partition coefficient (Wildman–Crippen LogP) is 2.81. The van der Waals surface area contributed by atoms with Gasteiger partial charge in [0, 0.05) is 11.3 Å². The monoisotopic (exact) mass is 291 g/mol. The van der Waals surface area contributed by atoms with E-state index in [1.165, 1.54) is 6.42 Å². The number of aromatic nitrogens is 2. The van der Waals surface area contributed by atoms with Crippen molar-refractivity contribution in [1.29, 1.82) is 0 Å². The summed E-state index contributed by atoms with van der Waals surface area (Å²) in [5, 5.41) is 3.21. The Kier molecular flexibility index (Phi) is 4.49. The fraction of sp³-hybridized carbons (Fsp3) is 0.688. The van der Waals surface area contributed by atoms with Crippen LogP contribution in [-0.4, -0.2) is 27.6 Å². The summed E-state index contributed by atoms with van der Waals surface area (Å²) in [4.78, 5) is 21.1. The molecule has 0 spiro atoms. The zero-order valence-corrected chi connectivity index (χ0v) is 13.6. The number of carbonyl (C=O) groups excluding carboxylic acids is 1. The topological polar surface area (TPSA) is 64.1 Å². The summed E-state index contributed by atoms with van der Waals surface area (Å²) in [6.45, 7) is 9.30. The molecule has 0 aromatic carbocycles. The third-order valence-electron chi connectivity index (χ3n) is 3.41. The fourth-order valence-electron chi connectivity index (χ4n) is 2.49. The molecule has 0 aliphatic heterocycles. The average molecular weight is 291 g/mol. The Morgan fingerprint density at radius 1 is 1.24 bits per heavy atom. The quantitative estimate of drug-likeness (QED) is 0.868. The lowest BCUT2D eigenvalue weighted by atomic mass is 9.96. The second kappa shape index (κ2) is 6.00. The molecule has 1 aromatic heterocycles. The van der Waals surface area contributed by atoms with E-state index in [1.54, 1.807) is 6.92 Å². The van der Waals surface area contributed by atoms with Crippen molar-refractivity contribution in [2.24, 2.45) is 0 Å². The minimum absolute atomic E-state index is 0.261. The average Bonchev–Trinajstić information content (AvgIpc) is 2.36. The van der Waals surface area contributed by atoms with Gasteiger partial charge in [0.15, 0.2) is 0 Å². The third-order valence-corrected chi connectivity index (χ3v) is 3.41. The van der Waals surface area contributed by atoms with Crippen molar-refractivity contribution in [3.05, 3.63) is 17.1 Å². The van der Waals surface area contributed by atoms with Crippen molar-refractivity contribution in [3.63, 3.8) is 0 Å². The predicted molar refractivity (Wildman–Crippen MR) is 82.3 cm³/mol. The highest BCUT2D eigenvalue weighted by atomic mass is 16.6. The molecule has 1 N–H and O–H groups in total. The van der Waals surface area contributed by atoms with Gasteiger partial charge in [-0.25, -0.2) is 14.8 Å². The molecule has 0 saturated carbocycles. The Balaban J connectivity index is 2.15. The van der Waals surface area contributed by atoms with Gasteiger partial charge >= 0.3 is 5.97 Å². The molecule has 0 amide bonds. The van der Waals surface area contributed by atoms with Crippen molar-refractivity contribution in [3.8, 4) is 0 Å². The summed E-state index contributed by atoms with van der Waals surface area (Å²) in [7, 11) is 0. The molecular formula is C16H25N3O2. The number of nitrogens with one attached hydrogen (secondary N) is 1. The number of hydrogen-bond donors (Lipinski definition) is 1. The van der Waals surface area contributed by atoms with E-state index in [0.29, 0.717) is 0 Å². The summed E-state index contributed by atoms with van der Waals surface area (Å²) < 4.78 is 5.40. The summed E-state index contributed by atoms with van der Waals surface area (Å²) in [6, 6.07) is -0.426. The van der Waals surface area contributed by atoms with Gasteiger partial charge in [0.25, 0.3) is 0 Å². The van der Waals surface area contributed by atoms with Crippen molar-refractivity contribution in [2.45, 2.75) is 71.9 Å². The van der Waals surface area contributed by atoms with Gasteiger partial charge < -0.3 is 10.1 Å². The molecular weight excluding hydrogens is 266 g/mol. The fourth-order valence-corrected chi connectivity index (χ4v) is 2.49. The smallest absolute Gasteiger partial charge is 0.328 e. The lowest BCUT2D eigenvalue weighted by Gasteiger charge is -2.24. The minimum atomic E-state index is -0.478. The van der Waals surface area contributed by atoms with Crippen LogP contribution in [0.1, 0.15) is 57.6 Å². The van der Waals surface area contributed by atoms with Gasteiger partial charge in [0.05, 0.1) is 0 Å². The van der Waals surface area contributed by atoms with Crippen LogP contribution < -0.4 is 5.32 Å². The Morgan fingerprint density at radius 2 is 1.90 bits per heavy atom. The van der Waals surface area contributed by atoms with E-state index in [4.69, 9.17) is 4.74 Å². The number of fused-ring (bicyclic) bond motifs is 1. The maximum Gasteiger partial charge on any atom is 0.328 e. The van der Waals surface area contributed by atoms with Crippen LogP contribution >= 0.6 is 0 Å². The largest absolute Gasteiger partial charge is 0.458 e. The highest BCUT2D eigenvalue weighted by Gasteiger charge is 2.24. The van der Waals surface area contributed by atoms with Gasteiger partial charge in [-0.05, 0) is 60.3 Å². The first-order valence-corrected chi connectivity index (χ1v) is 7.62. The Morgan fingerprint density at radius 3 is 2.57 bits per heavy atom. The molecule has 1 atom stereocenters. The van der Waals surface area contributed by atoms with E-state index in [1.807, 2.05) is 27.7 Å². The van der Waals surface area contributed by atoms with Gasteiger partial charge in [-0.15, -0.1) is 0 Å². The van der Waals surface area contributed by atoms with Crippen molar-refractivity contribution in [2.75, 3.05) is 5.32 Å². The van der Waals surface area contributed by atoms with Crippen LogP contribution in [0.4, 0.5) is 5.82 Å². The van der Waals surface area contributed by atoms with Gasteiger partial charge in [-0.2, -0.15) is 0 Å². The van der Waals surface area contributed by atoms with E-state index in [9.17, 15) is 4.79 Å². The second-order valence-electron chi connectivity index (χ2n) is 6.65. The molecule has 21 heavy (non-hydrogen) atoms. The minimum Gasteiger partial charge on any atom is -0.458 e. The maximum absolute atomic E-state index is 12.1. The van der Waals surface area contributed by atoms with Crippen LogP contribution in [0.25, 0.3) is 0 Å². The summed E-state index contributed by atoms with van der Waals surface area (Å²) in [5.74, 6) is 1.27. The van der Waals surface area contributed by atoms with Gasteiger partial charge in [-0.1, -0.05) is 0 Å². The molecule has 0 bridgehead atoms. The number of anilines is 1. The molecule has 0 radical (unpaired) electrons. The van der Waals surface area contributed by atoms with Crippen LogP contribution in [0.15, 0.2) is 0 Å². The molecule has 5 nitrogen and oxygen atoms in total. The number of nitrogens with zero attached hydrogens (tertiary/aromatic N) is 2. The zero-order valence-electron chi connectivity index (χ0n) is 13.6. The van der Waals surface area contributed by atoms with Gasteiger partial charge in [0.1, 0.15) is 23.3 Å². The molecule has 0 unspecified atom stereocenters. The molecule has 5 heteroatoms. The van der Waals surface area contributed by atoms with Crippen molar-refractivity contribution in [1.82, 2.24) is 9.97 Å².